The maximum Gasteiger partial charge on any atom is 0.257 e. The van der Waals surface area contributed by atoms with Crippen molar-refractivity contribution < 1.29 is 9.90 Å². The first-order chi connectivity index (χ1) is 7.95. The van der Waals surface area contributed by atoms with Crippen molar-refractivity contribution in [3.05, 3.63) is 40.9 Å². The van der Waals surface area contributed by atoms with Crippen LogP contribution in [0.3, 0.4) is 0 Å². The number of aromatic hydroxyl groups is 1. The molecule has 17 heavy (non-hydrogen) atoms. The molecule has 3 nitrogen and oxygen atoms in total. The molecule has 0 atom stereocenters. The Morgan fingerprint density at radius 1 is 1.53 bits per heavy atom. The van der Waals surface area contributed by atoms with Crippen LogP contribution in [0.15, 0.2) is 30.4 Å². The summed E-state index contributed by atoms with van der Waals surface area (Å²) in [7, 11) is 0. The molecular weight excluding hydrogens is 238 g/mol. The van der Waals surface area contributed by atoms with Gasteiger partial charge in [-0.3, -0.25) is 4.79 Å². The van der Waals surface area contributed by atoms with Crippen LogP contribution in [0.4, 0.5) is 0 Å². The Hall–Kier alpha value is -1.48. The predicted octanol–water partition coefficient (Wildman–Crippen LogP) is 3.08. The molecule has 1 rings (SSSR count). The molecule has 1 amide bonds. The average molecular weight is 254 g/mol. The molecule has 0 bridgehead atoms. The van der Waals surface area contributed by atoms with Gasteiger partial charge in [-0.15, -0.1) is 0 Å². The lowest BCUT2D eigenvalue weighted by atomic mass is 10.1. The molecule has 0 spiro atoms. The van der Waals surface area contributed by atoms with E-state index in [-0.39, 0.29) is 17.2 Å². The Labute approximate surface area is 106 Å². The lowest BCUT2D eigenvalue weighted by molar-refractivity contribution is 0.0775. The average Bonchev–Trinajstić information content (AvgIpc) is 2.28. The summed E-state index contributed by atoms with van der Waals surface area (Å²) in [5.74, 6) is -0.296. The highest BCUT2D eigenvalue weighted by molar-refractivity contribution is 6.31. The molecule has 0 saturated heterocycles. The Bertz CT molecular complexity index is 443. The molecule has 0 heterocycles. The van der Waals surface area contributed by atoms with Gasteiger partial charge in [0.1, 0.15) is 5.75 Å². The molecule has 0 aromatic heterocycles. The fraction of sp³-hybridized carbons (Fsp3) is 0.308. The van der Waals surface area contributed by atoms with E-state index in [9.17, 15) is 9.90 Å². The van der Waals surface area contributed by atoms with Crippen molar-refractivity contribution >= 4 is 17.5 Å². The Morgan fingerprint density at radius 3 is 2.71 bits per heavy atom. The molecule has 0 aliphatic heterocycles. The number of phenols is 1. The summed E-state index contributed by atoms with van der Waals surface area (Å²) >= 11 is 5.82. The summed E-state index contributed by atoms with van der Waals surface area (Å²) in [4.78, 5) is 13.8. The number of nitrogens with zero attached hydrogens (tertiary/aromatic N) is 1. The number of carbonyl (C=O) groups is 1. The SMILES string of the molecule is C=C(C)CN(CC)C(=O)c1cc(Cl)ccc1O. The summed E-state index contributed by atoms with van der Waals surface area (Å²) in [6, 6.07) is 4.44. The van der Waals surface area contributed by atoms with Crippen molar-refractivity contribution in [3.63, 3.8) is 0 Å². The van der Waals surface area contributed by atoms with Crippen molar-refractivity contribution in [3.8, 4) is 5.75 Å². The zero-order valence-electron chi connectivity index (χ0n) is 10.0. The standard InChI is InChI=1S/C13H16ClNO2/c1-4-15(8-9(2)3)13(17)11-7-10(14)5-6-12(11)16/h5-7,16H,2,4,8H2,1,3H3. The molecule has 0 fully saturated rings. The topological polar surface area (TPSA) is 40.5 Å². The van der Waals surface area contributed by atoms with Crippen LogP contribution in [-0.4, -0.2) is 29.0 Å². The van der Waals surface area contributed by atoms with Gasteiger partial charge in [0.15, 0.2) is 0 Å². The zero-order chi connectivity index (χ0) is 13.0. The number of halogens is 1. The molecule has 1 N–H and O–H groups in total. The molecule has 1 aromatic rings. The Kier molecular flexibility index (Phi) is 4.58. The van der Waals surface area contributed by atoms with Crippen LogP contribution in [-0.2, 0) is 0 Å². The van der Waals surface area contributed by atoms with Crippen LogP contribution >= 0.6 is 11.6 Å². The first-order valence-corrected chi connectivity index (χ1v) is 5.75. The van der Waals surface area contributed by atoms with Gasteiger partial charge in [-0.1, -0.05) is 23.8 Å². The van der Waals surface area contributed by atoms with Crippen LogP contribution in [0.1, 0.15) is 24.2 Å². The van der Waals surface area contributed by atoms with Crippen LogP contribution in [0.5, 0.6) is 5.75 Å². The minimum absolute atomic E-state index is 0.0560. The fourth-order valence-corrected chi connectivity index (χ4v) is 1.68. The second-order valence-electron chi connectivity index (χ2n) is 3.94. The van der Waals surface area contributed by atoms with Gasteiger partial charge in [0.2, 0.25) is 0 Å². The van der Waals surface area contributed by atoms with Gasteiger partial charge in [-0.25, -0.2) is 0 Å². The van der Waals surface area contributed by atoms with E-state index >= 15 is 0 Å². The van der Waals surface area contributed by atoms with Gasteiger partial charge in [0.05, 0.1) is 5.56 Å². The number of hydrogen-bond acceptors (Lipinski definition) is 2. The van der Waals surface area contributed by atoms with Crippen molar-refractivity contribution in [2.24, 2.45) is 0 Å². The first-order valence-electron chi connectivity index (χ1n) is 5.38. The van der Waals surface area contributed by atoms with Crippen molar-refractivity contribution in [1.82, 2.24) is 4.90 Å². The molecule has 92 valence electrons. The summed E-state index contributed by atoms with van der Waals surface area (Å²) in [5.41, 5.74) is 1.11. The number of amides is 1. The third kappa shape index (κ3) is 3.49. The van der Waals surface area contributed by atoms with Gasteiger partial charge >= 0.3 is 0 Å². The summed E-state index contributed by atoms with van der Waals surface area (Å²) in [6.45, 7) is 8.54. The second-order valence-corrected chi connectivity index (χ2v) is 4.37. The smallest absolute Gasteiger partial charge is 0.257 e. The van der Waals surface area contributed by atoms with Crippen molar-refractivity contribution in [2.75, 3.05) is 13.1 Å². The minimum Gasteiger partial charge on any atom is -0.507 e. The highest BCUT2D eigenvalue weighted by atomic mass is 35.5. The van der Waals surface area contributed by atoms with E-state index in [1.807, 2.05) is 13.8 Å². The fourth-order valence-electron chi connectivity index (χ4n) is 1.50. The van der Waals surface area contributed by atoms with Gasteiger partial charge in [-0.05, 0) is 32.0 Å². The van der Waals surface area contributed by atoms with E-state index in [0.29, 0.717) is 18.1 Å². The lowest BCUT2D eigenvalue weighted by Crippen LogP contribution is -2.32. The molecule has 0 unspecified atom stereocenters. The Morgan fingerprint density at radius 2 is 2.18 bits per heavy atom. The third-order valence-electron chi connectivity index (χ3n) is 2.32. The molecule has 0 aliphatic carbocycles. The molecule has 0 saturated carbocycles. The predicted molar refractivity (Wildman–Crippen MR) is 69.5 cm³/mol. The molecule has 4 heteroatoms. The van der Waals surface area contributed by atoms with Crippen LogP contribution in [0.25, 0.3) is 0 Å². The van der Waals surface area contributed by atoms with Crippen molar-refractivity contribution in [2.45, 2.75) is 13.8 Å². The number of phenolic OH excluding ortho intramolecular Hbond substituents is 1. The number of benzene rings is 1. The number of hydrogen-bond donors (Lipinski definition) is 1. The molecule has 0 aliphatic rings. The van der Waals surface area contributed by atoms with Crippen LogP contribution in [0, 0.1) is 0 Å². The van der Waals surface area contributed by atoms with E-state index in [2.05, 4.69) is 6.58 Å². The van der Waals surface area contributed by atoms with E-state index in [1.54, 1.807) is 11.0 Å². The van der Waals surface area contributed by atoms with Gasteiger partial charge in [-0.2, -0.15) is 0 Å². The van der Waals surface area contributed by atoms with E-state index < -0.39 is 0 Å². The molecule has 0 radical (unpaired) electrons. The summed E-state index contributed by atoms with van der Waals surface area (Å²) in [6.07, 6.45) is 0. The molecule has 1 aromatic carbocycles. The zero-order valence-corrected chi connectivity index (χ0v) is 10.8. The van der Waals surface area contributed by atoms with E-state index in [1.165, 1.54) is 12.1 Å². The minimum atomic E-state index is -0.240. The number of likely N-dealkylation sites (N-methyl/N-ethyl adjacent to an activating group) is 1. The second kappa shape index (κ2) is 5.73. The third-order valence-corrected chi connectivity index (χ3v) is 2.55. The maximum absolute atomic E-state index is 12.2. The van der Waals surface area contributed by atoms with E-state index in [4.69, 9.17) is 11.6 Å². The van der Waals surface area contributed by atoms with Gasteiger partial charge < -0.3 is 10.0 Å². The first kappa shape index (κ1) is 13.6. The summed E-state index contributed by atoms with van der Waals surface area (Å²) in [5, 5.41) is 10.1. The largest absolute Gasteiger partial charge is 0.507 e. The monoisotopic (exact) mass is 253 g/mol. The summed E-state index contributed by atoms with van der Waals surface area (Å²) < 4.78 is 0. The number of rotatable bonds is 4. The van der Waals surface area contributed by atoms with Crippen LogP contribution in [0.2, 0.25) is 5.02 Å². The van der Waals surface area contributed by atoms with Gasteiger partial charge in [0, 0.05) is 18.1 Å². The highest BCUT2D eigenvalue weighted by Crippen LogP contribution is 2.23. The Balaban J connectivity index is 3.01. The lowest BCUT2D eigenvalue weighted by Gasteiger charge is -2.21. The van der Waals surface area contributed by atoms with E-state index in [0.717, 1.165) is 5.57 Å². The highest BCUT2D eigenvalue weighted by Gasteiger charge is 2.17. The maximum atomic E-state index is 12.2. The van der Waals surface area contributed by atoms with Crippen LogP contribution < -0.4 is 0 Å². The van der Waals surface area contributed by atoms with Crippen molar-refractivity contribution in [1.29, 1.82) is 0 Å². The normalized spacial score (nSPS) is 10.1. The number of carbonyl (C=O) groups excluding carboxylic acids is 1. The quantitative estimate of drug-likeness (QED) is 0.838. The van der Waals surface area contributed by atoms with Gasteiger partial charge in [0.25, 0.3) is 5.91 Å². The molecular formula is C13H16ClNO2.